The Morgan fingerprint density at radius 3 is 2.56 bits per heavy atom. The van der Waals surface area contributed by atoms with Gasteiger partial charge in [-0.15, -0.1) is 0 Å². The van der Waals surface area contributed by atoms with Crippen molar-refractivity contribution in [3.05, 3.63) is 65.2 Å². The van der Waals surface area contributed by atoms with Gasteiger partial charge in [-0.1, -0.05) is 17.8 Å². The van der Waals surface area contributed by atoms with Gasteiger partial charge in [0, 0.05) is 56.7 Å². The minimum absolute atomic E-state index is 0.226. The summed E-state index contributed by atoms with van der Waals surface area (Å²) in [5.74, 6) is 1.17. The summed E-state index contributed by atoms with van der Waals surface area (Å²) in [6, 6.07) is 10.7. The molecule has 0 radical (unpaired) electrons. The lowest BCUT2D eigenvalue weighted by Gasteiger charge is -2.37. The highest BCUT2D eigenvalue weighted by Gasteiger charge is 2.32. The summed E-state index contributed by atoms with van der Waals surface area (Å²) < 4.78 is 50.5. The number of likely N-dealkylation sites (tertiary alicyclic amines) is 1. The molecule has 0 unspecified atom stereocenters. The number of esters is 1. The molecule has 1 aromatic carbocycles. The molecule has 3 aromatic rings. The third-order valence-corrected chi connectivity index (χ3v) is 8.38. The number of hydrogen-bond acceptors (Lipinski definition) is 9. The van der Waals surface area contributed by atoms with Crippen LogP contribution in [0.25, 0.3) is 0 Å². The number of piperidine rings is 1. The largest absolute Gasteiger partial charge is 0.466 e. The first kappa shape index (κ1) is 30.7. The molecule has 2 aliphatic heterocycles. The Balaban J connectivity index is 1.16. The van der Waals surface area contributed by atoms with E-state index >= 15 is 0 Å². The predicted octanol–water partition coefficient (Wildman–Crippen LogP) is 5.43. The summed E-state index contributed by atoms with van der Waals surface area (Å²) >= 11 is 1.39. The fraction of sp³-hybridized carbons (Fsp3) is 0.467. The van der Waals surface area contributed by atoms with Crippen LogP contribution in [0.5, 0.6) is 0 Å². The minimum atomic E-state index is -4.38. The zero-order valence-electron chi connectivity index (χ0n) is 24.1. The number of ether oxygens (including phenoxy) is 1. The van der Waals surface area contributed by atoms with Crippen molar-refractivity contribution in [2.45, 2.75) is 43.8 Å². The van der Waals surface area contributed by atoms with E-state index < -0.39 is 11.7 Å². The van der Waals surface area contributed by atoms with E-state index in [1.807, 2.05) is 17.9 Å². The third kappa shape index (κ3) is 7.62. The van der Waals surface area contributed by atoms with Crippen LogP contribution in [0.3, 0.4) is 0 Å². The van der Waals surface area contributed by atoms with E-state index in [-0.39, 0.29) is 23.6 Å². The first-order chi connectivity index (χ1) is 20.6. The number of aryl methyl sites for hydroxylation is 1. The van der Waals surface area contributed by atoms with Gasteiger partial charge in [0.15, 0.2) is 10.9 Å². The first-order valence-electron chi connectivity index (χ1n) is 14.3. The highest BCUT2D eigenvalue weighted by Crippen LogP contribution is 2.32. The van der Waals surface area contributed by atoms with Gasteiger partial charge in [0.2, 0.25) is 0 Å². The number of thioether (sulfide) groups is 1. The second kappa shape index (κ2) is 13.3. The van der Waals surface area contributed by atoms with E-state index in [0.717, 1.165) is 24.0 Å². The Morgan fingerprint density at radius 2 is 1.81 bits per heavy atom. The van der Waals surface area contributed by atoms with E-state index in [2.05, 4.69) is 9.88 Å². The topological polar surface area (TPSA) is 92.0 Å². The fourth-order valence-corrected chi connectivity index (χ4v) is 6.09. The van der Waals surface area contributed by atoms with Crippen molar-refractivity contribution in [1.82, 2.24) is 14.9 Å². The SMILES string of the molecule is CCOC(=O)[C@H]1CCCN(C(=O)c2ccc(CSc3nc(C)cc(N4CCN(c5cccc(C(F)(F)F)c5)CC4)n3)o2)C1. The molecule has 13 heteroatoms. The van der Waals surface area contributed by atoms with Gasteiger partial charge in [0.1, 0.15) is 11.6 Å². The number of hydrogen-bond donors (Lipinski definition) is 0. The molecule has 4 heterocycles. The number of rotatable bonds is 8. The van der Waals surface area contributed by atoms with E-state index in [4.69, 9.17) is 14.1 Å². The van der Waals surface area contributed by atoms with Gasteiger partial charge in [0.05, 0.1) is 23.8 Å². The molecule has 0 spiro atoms. The van der Waals surface area contributed by atoms with Crippen molar-refractivity contribution in [3.8, 4) is 0 Å². The third-order valence-electron chi connectivity index (χ3n) is 7.51. The van der Waals surface area contributed by atoms with E-state index in [9.17, 15) is 22.8 Å². The Morgan fingerprint density at radius 1 is 1.05 bits per heavy atom. The molecular formula is C30H34F3N5O4S. The minimum Gasteiger partial charge on any atom is -0.466 e. The molecule has 0 bridgehead atoms. The van der Waals surface area contributed by atoms with Gasteiger partial charge < -0.3 is 23.9 Å². The summed E-state index contributed by atoms with van der Waals surface area (Å²) in [5, 5.41) is 0.563. The molecule has 0 aliphatic carbocycles. The van der Waals surface area contributed by atoms with Crippen LogP contribution in [0.15, 0.2) is 52.0 Å². The highest BCUT2D eigenvalue weighted by molar-refractivity contribution is 7.98. The van der Waals surface area contributed by atoms with Crippen LogP contribution in [-0.4, -0.2) is 72.6 Å². The number of furan rings is 1. The number of nitrogens with zero attached hydrogens (tertiary/aromatic N) is 5. The average molecular weight is 618 g/mol. The number of anilines is 2. The molecule has 2 aromatic heterocycles. The van der Waals surface area contributed by atoms with Crippen LogP contribution >= 0.6 is 11.8 Å². The number of halogens is 3. The second-order valence-electron chi connectivity index (χ2n) is 10.6. The number of amides is 1. The smallest absolute Gasteiger partial charge is 0.416 e. The molecular weight excluding hydrogens is 583 g/mol. The van der Waals surface area contributed by atoms with Gasteiger partial charge in [-0.3, -0.25) is 9.59 Å². The van der Waals surface area contributed by atoms with Crippen LogP contribution in [0.4, 0.5) is 24.7 Å². The summed E-state index contributed by atoms with van der Waals surface area (Å²) in [7, 11) is 0. The van der Waals surface area contributed by atoms with Crippen LogP contribution in [0.1, 0.15) is 47.3 Å². The quantitative estimate of drug-likeness (QED) is 0.186. The summed E-state index contributed by atoms with van der Waals surface area (Å²) in [6.07, 6.45) is -2.95. The summed E-state index contributed by atoms with van der Waals surface area (Å²) in [5.41, 5.74) is 0.701. The number of benzene rings is 1. The molecule has 5 rings (SSSR count). The Hall–Kier alpha value is -3.74. The van der Waals surface area contributed by atoms with Crippen molar-refractivity contribution < 1.29 is 31.9 Å². The maximum absolute atomic E-state index is 13.2. The zero-order valence-corrected chi connectivity index (χ0v) is 24.9. The molecule has 9 nitrogen and oxygen atoms in total. The Labute approximate surface area is 252 Å². The molecule has 1 atom stereocenters. The maximum Gasteiger partial charge on any atom is 0.416 e. The van der Waals surface area contributed by atoms with E-state index in [1.165, 1.54) is 23.9 Å². The van der Waals surface area contributed by atoms with Crippen molar-refractivity contribution in [1.29, 1.82) is 0 Å². The summed E-state index contributed by atoms with van der Waals surface area (Å²) in [4.78, 5) is 40.2. The number of aromatic nitrogens is 2. The van der Waals surface area contributed by atoms with Crippen molar-refractivity contribution >= 4 is 35.1 Å². The van der Waals surface area contributed by atoms with E-state index in [0.29, 0.717) is 74.7 Å². The second-order valence-corrected chi connectivity index (χ2v) is 11.5. The monoisotopic (exact) mass is 617 g/mol. The van der Waals surface area contributed by atoms with Gasteiger partial charge in [0.25, 0.3) is 5.91 Å². The van der Waals surface area contributed by atoms with Gasteiger partial charge in [-0.2, -0.15) is 13.2 Å². The lowest BCUT2D eigenvalue weighted by atomic mass is 9.98. The Kier molecular flexibility index (Phi) is 9.48. The van der Waals surface area contributed by atoms with Crippen molar-refractivity contribution in [2.75, 3.05) is 55.7 Å². The number of carbonyl (C=O) groups excluding carboxylic acids is 2. The van der Waals surface area contributed by atoms with Gasteiger partial charge >= 0.3 is 12.1 Å². The molecule has 2 aliphatic rings. The maximum atomic E-state index is 13.2. The number of piperazine rings is 1. The van der Waals surface area contributed by atoms with Crippen LogP contribution in [-0.2, 0) is 21.5 Å². The molecule has 1 amide bonds. The fourth-order valence-electron chi connectivity index (χ4n) is 5.30. The van der Waals surface area contributed by atoms with Crippen molar-refractivity contribution in [2.24, 2.45) is 5.92 Å². The zero-order chi connectivity index (χ0) is 30.6. The van der Waals surface area contributed by atoms with E-state index in [1.54, 1.807) is 30.0 Å². The molecule has 2 fully saturated rings. The van der Waals surface area contributed by atoms with Crippen LogP contribution in [0, 0.1) is 12.8 Å². The lowest BCUT2D eigenvalue weighted by molar-refractivity contribution is -0.149. The molecule has 0 N–H and O–H groups in total. The molecule has 2 saturated heterocycles. The van der Waals surface area contributed by atoms with Gasteiger partial charge in [-0.25, -0.2) is 9.97 Å². The molecule has 43 heavy (non-hydrogen) atoms. The average Bonchev–Trinajstić information content (AvgIpc) is 3.48. The number of carbonyl (C=O) groups is 2. The summed E-state index contributed by atoms with van der Waals surface area (Å²) in [6.45, 7) is 7.19. The number of alkyl halides is 3. The lowest BCUT2D eigenvalue weighted by Crippen LogP contribution is -2.47. The standard InChI is InChI=1S/C30H34F3N5O4S/c1-3-41-28(40)21-6-5-11-38(18-21)27(39)25-10-9-24(42-25)19-43-29-34-20(2)16-26(35-29)37-14-12-36(13-15-37)23-8-4-7-22(17-23)30(31,32)33/h4,7-10,16-17,21H,3,5-6,11-15,18-19H2,1-2H3/t21-/m0/s1. The highest BCUT2D eigenvalue weighted by atomic mass is 32.2. The van der Waals surface area contributed by atoms with Crippen LogP contribution < -0.4 is 9.80 Å². The van der Waals surface area contributed by atoms with Crippen molar-refractivity contribution in [3.63, 3.8) is 0 Å². The first-order valence-corrected chi connectivity index (χ1v) is 15.3. The molecule has 230 valence electrons. The Bertz CT molecular complexity index is 1440. The van der Waals surface area contributed by atoms with Crippen LogP contribution in [0.2, 0.25) is 0 Å². The predicted molar refractivity (Wildman–Crippen MR) is 156 cm³/mol. The molecule has 0 saturated carbocycles. The van der Waals surface area contributed by atoms with Gasteiger partial charge in [-0.05, 0) is 57.0 Å². The normalized spacial score (nSPS) is 17.7.